The minimum Gasteiger partial charge on any atom is -0.319 e. The van der Waals surface area contributed by atoms with Gasteiger partial charge in [0.2, 0.25) is 11.8 Å². The molecule has 0 radical (unpaired) electrons. The number of sulfone groups is 2. The Kier molecular flexibility index (Phi) is 6.25. The summed E-state index contributed by atoms with van der Waals surface area (Å²) in [5.74, 6) is -2.43. The molecule has 0 saturated carbocycles. The number of hydrogen-bond acceptors (Lipinski definition) is 6. The van der Waals surface area contributed by atoms with E-state index in [9.17, 15) is 26.4 Å². The first-order chi connectivity index (χ1) is 15.0. The van der Waals surface area contributed by atoms with E-state index in [1.54, 1.807) is 48.5 Å². The first kappa shape index (κ1) is 23.4. The van der Waals surface area contributed by atoms with Crippen LogP contribution in [0.4, 0.5) is 0 Å². The van der Waals surface area contributed by atoms with Crippen LogP contribution in [0.1, 0.15) is 21.9 Å². The largest absolute Gasteiger partial charge is 0.319 e. The van der Waals surface area contributed by atoms with Crippen LogP contribution in [-0.2, 0) is 29.3 Å². The molecule has 4 rings (SSSR count). The summed E-state index contributed by atoms with van der Waals surface area (Å²) < 4.78 is 52.2. The van der Waals surface area contributed by atoms with Crippen LogP contribution in [0.3, 0.4) is 0 Å². The first-order valence-corrected chi connectivity index (χ1v) is 14.5. The number of hydrogen-bond donors (Lipinski definition) is 0. The summed E-state index contributed by atoms with van der Waals surface area (Å²) in [7, 11) is -7.56. The lowest BCUT2D eigenvalue weighted by atomic mass is 10.2. The molecule has 32 heavy (non-hydrogen) atoms. The first-order valence-electron chi connectivity index (χ1n) is 9.52. The molecule has 2 aromatic rings. The Morgan fingerprint density at radius 1 is 0.719 bits per heavy atom. The second-order valence-electron chi connectivity index (χ2n) is 7.60. The van der Waals surface area contributed by atoms with E-state index in [0.717, 1.165) is 0 Å². The van der Waals surface area contributed by atoms with E-state index in [-0.39, 0.29) is 13.1 Å². The molecule has 0 aliphatic carbocycles. The molecule has 2 fully saturated rings. The molecular weight excluding hydrogens is 588 g/mol. The number of benzene rings is 2. The molecule has 0 spiro atoms. The van der Waals surface area contributed by atoms with Crippen LogP contribution in [0.2, 0.25) is 0 Å². The summed E-state index contributed by atoms with van der Waals surface area (Å²) in [5.41, 5.74) is 0.850. The monoisotopic (exact) mass is 604 g/mol. The highest BCUT2D eigenvalue weighted by atomic mass is 79.9. The third kappa shape index (κ3) is 4.37. The molecule has 2 aliphatic rings. The Labute approximate surface area is 202 Å². The summed E-state index contributed by atoms with van der Waals surface area (Å²) >= 11 is 6.63. The van der Waals surface area contributed by atoms with Crippen molar-refractivity contribution in [2.24, 2.45) is 0 Å². The molecular formula is C20H18Br2N2O6S2. The van der Waals surface area contributed by atoms with Gasteiger partial charge in [0.25, 0.3) is 0 Å². The van der Waals surface area contributed by atoms with Crippen LogP contribution in [-0.4, -0.2) is 63.0 Å². The van der Waals surface area contributed by atoms with Gasteiger partial charge in [-0.3, -0.25) is 9.59 Å². The normalized spacial score (nSPS) is 24.3. The van der Waals surface area contributed by atoms with E-state index in [2.05, 4.69) is 31.9 Å². The zero-order valence-electron chi connectivity index (χ0n) is 16.5. The lowest BCUT2D eigenvalue weighted by Crippen LogP contribution is -2.39. The van der Waals surface area contributed by atoms with E-state index in [1.165, 1.54) is 9.80 Å². The van der Waals surface area contributed by atoms with Gasteiger partial charge < -0.3 is 9.80 Å². The lowest BCUT2D eigenvalue weighted by molar-refractivity contribution is -0.132. The van der Waals surface area contributed by atoms with Crippen molar-refractivity contribution >= 4 is 63.3 Å². The van der Waals surface area contributed by atoms with Crippen LogP contribution in [0, 0.1) is 0 Å². The molecule has 2 amide bonds. The Morgan fingerprint density at radius 3 is 1.44 bits per heavy atom. The molecule has 0 bridgehead atoms. The third-order valence-corrected chi connectivity index (χ3v) is 10.1. The van der Waals surface area contributed by atoms with Gasteiger partial charge in [0, 0.05) is 22.0 Å². The lowest BCUT2D eigenvalue weighted by Gasteiger charge is -2.29. The predicted octanol–water partition coefficient (Wildman–Crippen LogP) is 2.42. The summed E-state index contributed by atoms with van der Waals surface area (Å²) in [5, 5.41) is -2.38. The maximum Gasteiger partial charge on any atom is 0.239 e. The molecule has 0 aromatic heterocycles. The summed E-state index contributed by atoms with van der Waals surface area (Å²) in [6.07, 6.45) is 0. The van der Waals surface area contributed by atoms with E-state index < -0.39 is 53.7 Å². The topological polar surface area (TPSA) is 109 Å². The number of amides is 2. The van der Waals surface area contributed by atoms with Gasteiger partial charge in [0.15, 0.2) is 30.4 Å². The molecule has 2 atom stereocenters. The molecule has 8 nitrogen and oxygen atoms in total. The van der Waals surface area contributed by atoms with Crippen LogP contribution in [0.5, 0.6) is 0 Å². The Balaban J connectivity index is 1.64. The van der Waals surface area contributed by atoms with Gasteiger partial charge >= 0.3 is 0 Å². The molecule has 2 aliphatic heterocycles. The number of halogens is 2. The van der Waals surface area contributed by atoms with Crippen molar-refractivity contribution in [3.63, 3.8) is 0 Å². The average Bonchev–Trinajstić information content (AvgIpc) is 3.05. The second-order valence-corrected chi connectivity index (χ2v) is 13.6. The van der Waals surface area contributed by atoms with Crippen LogP contribution >= 0.6 is 31.9 Å². The fraction of sp³-hybridized carbons (Fsp3) is 0.300. The smallest absolute Gasteiger partial charge is 0.239 e. The fourth-order valence-electron chi connectivity index (χ4n) is 4.11. The van der Waals surface area contributed by atoms with Crippen molar-refractivity contribution in [1.29, 1.82) is 0 Å². The fourth-order valence-corrected chi connectivity index (χ4v) is 8.63. The molecule has 0 N–H and O–H groups in total. The van der Waals surface area contributed by atoms with Crippen molar-refractivity contribution < 1.29 is 26.4 Å². The van der Waals surface area contributed by atoms with E-state index in [4.69, 9.17) is 0 Å². The zero-order chi connectivity index (χ0) is 23.3. The van der Waals surface area contributed by atoms with Crippen LogP contribution in [0.25, 0.3) is 0 Å². The van der Waals surface area contributed by atoms with Gasteiger partial charge in [0.05, 0.1) is 0 Å². The SMILES string of the molecule is O=C1CS(=O)(=O)[C@H](c2cccc(Br)c2)N1CCN1C(=O)CS(=O)(=O)[C@@H]1c1cccc(Br)c1. The molecule has 170 valence electrons. The standard InChI is InChI=1S/C20H18Br2N2O6S2/c21-15-5-1-3-13(9-15)19-23(17(25)11-31(19,27)28)7-8-24-18(26)12-32(29,30)20(24)14-4-2-6-16(22)10-14/h1-6,9-10,19-20H,7-8,11-12H2/t19-,20-/m1/s1. The Morgan fingerprint density at radius 2 is 1.09 bits per heavy atom. The van der Waals surface area contributed by atoms with Crippen LogP contribution in [0.15, 0.2) is 57.5 Å². The summed E-state index contributed by atoms with van der Waals surface area (Å²) in [6.45, 7) is -0.220. The minimum atomic E-state index is -3.78. The zero-order valence-corrected chi connectivity index (χ0v) is 21.3. The molecule has 0 unspecified atom stereocenters. The van der Waals surface area contributed by atoms with Gasteiger partial charge in [-0.2, -0.15) is 0 Å². The van der Waals surface area contributed by atoms with Crippen molar-refractivity contribution in [1.82, 2.24) is 9.80 Å². The van der Waals surface area contributed by atoms with Gasteiger partial charge in [-0.15, -0.1) is 0 Å². The number of carbonyl (C=O) groups excluding carboxylic acids is 2. The van der Waals surface area contributed by atoms with E-state index >= 15 is 0 Å². The van der Waals surface area contributed by atoms with Gasteiger partial charge in [0.1, 0.15) is 11.5 Å². The Bertz CT molecular complexity index is 1210. The highest BCUT2D eigenvalue weighted by Crippen LogP contribution is 2.37. The number of carbonyl (C=O) groups is 2. The van der Waals surface area contributed by atoms with E-state index in [0.29, 0.717) is 20.1 Å². The Hall–Kier alpha value is -1.76. The highest BCUT2D eigenvalue weighted by molar-refractivity contribution is 9.10. The maximum atomic E-state index is 12.7. The molecule has 2 heterocycles. The van der Waals surface area contributed by atoms with Crippen molar-refractivity contribution in [2.75, 3.05) is 24.6 Å². The number of nitrogens with zero attached hydrogens (tertiary/aromatic N) is 2. The van der Waals surface area contributed by atoms with E-state index in [1.807, 2.05) is 0 Å². The predicted molar refractivity (Wildman–Crippen MR) is 125 cm³/mol. The molecule has 12 heteroatoms. The maximum absolute atomic E-state index is 12.7. The van der Waals surface area contributed by atoms with Gasteiger partial charge in [-0.1, -0.05) is 56.1 Å². The third-order valence-electron chi connectivity index (χ3n) is 5.39. The van der Waals surface area contributed by atoms with Gasteiger partial charge in [-0.05, 0) is 35.4 Å². The molecule has 2 aromatic carbocycles. The van der Waals surface area contributed by atoms with Crippen LogP contribution < -0.4 is 0 Å². The average molecular weight is 606 g/mol. The van der Waals surface area contributed by atoms with Crippen molar-refractivity contribution in [2.45, 2.75) is 10.7 Å². The quantitative estimate of drug-likeness (QED) is 0.518. The van der Waals surface area contributed by atoms with Crippen molar-refractivity contribution in [3.05, 3.63) is 68.6 Å². The number of rotatable bonds is 5. The summed E-state index contributed by atoms with van der Waals surface area (Å²) in [4.78, 5) is 27.6. The highest BCUT2D eigenvalue weighted by Gasteiger charge is 2.48. The van der Waals surface area contributed by atoms with Crippen molar-refractivity contribution in [3.8, 4) is 0 Å². The molecule has 2 saturated heterocycles. The minimum absolute atomic E-state index is 0.110. The second kappa shape index (κ2) is 8.54. The summed E-state index contributed by atoms with van der Waals surface area (Å²) in [6, 6.07) is 13.3. The van der Waals surface area contributed by atoms with Gasteiger partial charge in [-0.25, -0.2) is 16.8 Å².